The van der Waals surface area contributed by atoms with Crippen molar-refractivity contribution in [3.05, 3.63) is 23.9 Å². The number of carbonyl (C=O) groups is 1. The summed E-state index contributed by atoms with van der Waals surface area (Å²) in [4.78, 5) is 18.5. The van der Waals surface area contributed by atoms with Crippen LogP contribution in [-0.4, -0.2) is 30.0 Å². The molecule has 0 aromatic carbocycles. The van der Waals surface area contributed by atoms with Crippen LogP contribution < -0.4 is 16.0 Å². The number of hydrogen-bond acceptors (Lipinski definition) is 4. The second-order valence-corrected chi connectivity index (χ2v) is 5.88. The van der Waals surface area contributed by atoms with Crippen molar-refractivity contribution in [1.82, 2.24) is 10.3 Å². The van der Waals surface area contributed by atoms with Gasteiger partial charge in [0.25, 0.3) is 0 Å². The summed E-state index contributed by atoms with van der Waals surface area (Å²) < 4.78 is 0. The Bertz CT molecular complexity index is 459. The molecule has 1 amide bonds. The molecule has 124 valence electrons. The Labute approximate surface area is 139 Å². The maximum Gasteiger partial charge on any atom is 0.221 e. The van der Waals surface area contributed by atoms with Gasteiger partial charge in [0, 0.05) is 38.3 Å². The molecule has 1 aliphatic rings. The lowest BCUT2D eigenvalue weighted by atomic mass is 10.2. The van der Waals surface area contributed by atoms with Gasteiger partial charge in [0.15, 0.2) is 0 Å². The molecule has 22 heavy (non-hydrogen) atoms. The summed E-state index contributed by atoms with van der Waals surface area (Å²) in [6, 6.07) is 3.93. The van der Waals surface area contributed by atoms with E-state index < -0.39 is 0 Å². The third-order valence-corrected chi connectivity index (χ3v) is 3.74. The number of hydrogen-bond donors (Lipinski definition) is 2. The van der Waals surface area contributed by atoms with Gasteiger partial charge >= 0.3 is 0 Å². The molecule has 1 aliphatic heterocycles. The SMILES string of the molecule is CC(N)CC(=O)NCc1ccnc(N2CCCCCC2)c1.Cl. The Morgan fingerprint density at radius 1 is 1.36 bits per heavy atom. The highest BCUT2D eigenvalue weighted by Gasteiger charge is 2.11. The second-order valence-electron chi connectivity index (χ2n) is 5.88. The van der Waals surface area contributed by atoms with Crippen molar-refractivity contribution in [2.45, 2.75) is 51.6 Å². The van der Waals surface area contributed by atoms with Crippen LogP contribution in [0.15, 0.2) is 18.3 Å². The smallest absolute Gasteiger partial charge is 0.221 e. The number of aromatic nitrogens is 1. The molecule has 1 aromatic heterocycles. The monoisotopic (exact) mass is 326 g/mol. The summed E-state index contributed by atoms with van der Waals surface area (Å²) in [5, 5.41) is 2.91. The fourth-order valence-corrected chi connectivity index (χ4v) is 2.61. The number of amides is 1. The lowest BCUT2D eigenvalue weighted by Crippen LogP contribution is -2.29. The molecule has 1 fully saturated rings. The van der Waals surface area contributed by atoms with E-state index in [4.69, 9.17) is 5.73 Å². The maximum atomic E-state index is 11.6. The summed E-state index contributed by atoms with van der Waals surface area (Å²) in [5.74, 6) is 1.02. The van der Waals surface area contributed by atoms with Crippen molar-refractivity contribution in [3.63, 3.8) is 0 Å². The highest BCUT2D eigenvalue weighted by Crippen LogP contribution is 2.18. The number of halogens is 1. The zero-order chi connectivity index (χ0) is 15.1. The first-order chi connectivity index (χ1) is 10.1. The van der Waals surface area contributed by atoms with Crippen LogP contribution in [0.5, 0.6) is 0 Å². The summed E-state index contributed by atoms with van der Waals surface area (Å²) in [6.07, 6.45) is 7.28. The van der Waals surface area contributed by atoms with Crippen molar-refractivity contribution in [2.24, 2.45) is 5.73 Å². The van der Waals surface area contributed by atoms with Crippen molar-refractivity contribution in [1.29, 1.82) is 0 Å². The van der Waals surface area contributed by atoms with E-state index >= 15 is 0 Å². The number of rotatable bonds is 5. The fourth-order valence-electron chi connectivity index (χ4n) is 2.61. The number of nitrogens with two attached hydrogens (primary N) is 1. The van der Waals surface area contributed by atoms with Gasteiger partial charge in [-0.15, -0.1) is 12.4 Å². The molecule has 1 aromatic rings. The molecular weight excluding hydrogens is 300 g/mol. The van der Waals surface area contributed by atoms with Gasteiger partial charge in [-0.2, -0.15) is 0 Å². The minimum Gasteiger partial charge on any atom is -0.357 e. The summed E-state index contributed by atoms with van der Waals surface area (Å²) in [5.41, 5.74) is 6.71. The molecule has 0 bridgehead atoms. The number of carbonyl (C=O) groups excluding carboxylic acids is 1. The third-order valence-electron chi connectivity index (χ3n) is 3.74. The van der Waals surface area contributed by atoms with E-state index in [2.05, 4.69) is 21.3 Å². The lowest BCUT2D eigenvalue weighted by Gasteiger charge is -2.21. The van der Waals surface area contributed by atoms with Crippen molar-refractivity contribution >= 4 is 24.1 Å². The lowest BCUT2D eigenvalue weighted by molar-refractivity contribution is -0.121. The predicted octanol–water partition coefficient (Wildman–Crippen LogP) is 2.24. The van der Waals surface area contributed by atoms with E-state index in [1.807, 2.05) is 19.2 Å². The minimum atomic E-state index is -0.102. The van der Waals surface area contributed by atoms with Gasteiger partial charge in [0.2, 0.25) is 5.91 Å². The van der Waals surface area contributed by atoms with E-state index in [1.54, 1.807) is 0 Å². The molecule has 0 saturated carbocycles. The molecule has 1 atom stereocenters. The Morgan fingerprint density at radius 3 is 2.68 bits per heavy atom. The van der Waals surface area contributed by atoms with E-state index in [0.717, 1.165) is 24.5 Å². The number of anilines is 1. The van der Waals surface area contributed by atoms with E-state index in [1.165, 1.54) is 25.7 Å². The van der Waals surface area contributed by atoms with Crippen LogP contribution in [0.4, 0.5) is 5.82 Å². The first-order valence-corrected chi connectivity index (χ1v) is 7.87. The predicted molar refractivity (Wildman–Crippen MR) is 92.3 cm³/mol. The van der Waals surface area contributed by atoms with Crippen LogP contribution in [0.1, 0.15) is 44.6 Å². The standard InChI is InChI=1S/C16H26N4O.ClH/c1-13(17)10-16(21)19-12-14-6-7-18-15(11-14)20-8-4-2-3-5-9-20;/h6-7,11,13H,2-5,8-10,12,17H2,1H3,(H,19,21);1H. The summed E-state index contributed by atoms with van der Waals surface area (Å²) in [7, 11) is 0. The Hall–Kier alpha value is -1.33. The number of nitrogens with one attached hydrogen (secondary N) is 1. The highest BCUT2D eigenvalue weighted by molar-refractivity contribution is 5.85. The first kappa shape index (κ1) is 18.7. The van der Waals surface area contributed by atoms with Crippen molar-refractivity contribution < 1.29 is 4.79 Å². The van der Waals surface area contributed by atoms with Gasteiger partial charge in [-0.05, 0) is 37.5 Å². The highest BCUT2D eigenvalue weighted by atomic mass is 35.5. The molecular formula is C16H27ClN4O. The quantitative estimate of drug-likeness (QED) is 0.870. The topological polar surface area (TPSA) is 71.2 Å². The van der Waals surface area contributed by atoms with Crippen LogP contribution in [0.25, 0.3) is 0 Å². The molecule has 5 nitrogen and oxygen atoms in total. The number of pyridine rings is 1. The zero-order valence-corrected chi connectivity index (χ0v) is 14.1. The van der Waals surface area contributed by atoms with E-state index in [0.29, 0.717) is 13.0 Å². The minimum absolute atomic E-state index is 0. The van der Waals surface area contributed by atoms with Gasteiger partial charge < -0.3 is 16.0 Å². The molecule has 6 heteroatoms. The molecule has 2 heterocycles. The van der Waals surface area contributed by atoms with Crippen LogP contribution in [0.3, 0.4) is 0 Å². The third kappa shape index (κ3) is 6.20. The molecule has 3 N–H and O–H groups in total. The zero-order valence-electron chi connectivity index (χ0n) is 13.3. The molecule has 0 radical (unpaired) electrons. The van der Waals surface area contributed by atoms with Crippen molar-refractivity contribution in [2.75, 3.05) is 18.0 Å². The van der Waals surface area contributed by atoms with Gasteiger partial charge in [-0.3, -0.25) is 4.79 Å². The van der Waals surface area contributed by atoms with Gasteiger partial charge in [0.05, 0.1) is 0 Å². The van der Waals surface area contributed by atoms with Crippen LogP contribution in [0, 0.1) is 0 Å². The van der Waals surface area contributed by atoms with E-state index in [9.17, 15) is 4.79 Å². The summed E-state index contributed by atoms with van der Waals surface area (Å²) >= 11 is 0. The maximum absolute atomic E-state index is 11.6. The molecule has 0 aliphatic carbocycles. The summed E-state index contributed by atoms with van der Waals surface area (Å²) in [6.45, 7) is 4.53. The average Bonchev–Trinajstić information content (AvgIpc) is 2.74. The van der Waals surface area contributed by atoms with Gasteiger partial charge in [0.1, 0.15) is 5.82 Å². The molecule has 1 saturated heterocycles. The Balaban J connectivity index is 0.00000242. The largest absolute Gasteiger partial charge is 0.357 e. The molecule has 0 spiro atoms. The van der Waals surface area contributed by atoms with Gasteiger partial charge in [-0.25, -0.2) is 4.98 Å². The molecule has 2 rings (SSSR count). The average molecular weight is 327 g/mol. The van der Waals surface area contributed by atoms with Crippen LogP contribution >= 0.6 is 12.4 Å². The van der Waals surface area contributed by atoms with E-state index in [-0.39, 0.29) is 24.4 Å². The van der Waals surface area contributed by atoms with Crippen molar-refractivity contribution in [3.8, 4) is 0 Å². The fraction of sp³-hybridized carbons (Fsp3) is 0.625. The number of nitrogens with zero attached hydrogens (tertiary/aromatic N) is 2. The normalized spacial score (nSPS) is 16.4. The Morgan fingerprint density at radius 2 is 2.05 bits per heavy atom. The first-order valence-electron chi connectivity index (χ1n) is 7.87. The Kier molecular flexibility index (Phi) is 8.20. The van der Waals surface area contributed by atoms with Gasteiger partial charge in [-0.1, -0.05) is 12.8 Å². The van der Waals surface area contributed by atoms with Crippen LogP contribution in [0.2, 0.25) is 0 Å². The van der Waals surface area contributed by atoms with Crippen LogP contribution in [-0.2, 0) is 11.3 Å². The second kappa shape index (κ2) is 9.64. The molecule has 1 unspecified atom stereocenters.